The summed E-state index contributed by atoms with van der Waals surface area (Å²) < 4.78 is 16.3. The van der Waals surface area contributed by atoms with Gasteiger partial charge in [-0.05, 0) is 55.0 Å². The number of anilines is 1. The van der Waals surface area contributed by atoms with E-state index >= 15 is 0 Å². The van der Waals surface area contributed by atoms with Crippen molar-refractivity contribution in [2.24, 2.45) is 7.05 Å². The van der Waals surface area contributed by atoms with Crippen LogP contribution in [-0.4, -0.2) is 43.8 Å². The lowest BCUT2D eigenvalue weighted by atomic mass is 9.90. The van der Waals surface area contributed by atoms with Gasteiger partial charge in [-0.2, -0.15) is 5.10 Å². The van der Waals surface area contributed by atoms with Gasteiger partial charge in [0.25, 0.3) is 0 Å². The lowest BCUT2D eigenvalue weighted by Gasteiger charge is -2.40. The SMILES string of the molecule is Cn1cc(-c2ccc(-c3cc4c(nn3)N([C@@H]3CCCC[C@@H]3F)CCC4)c(O)c2)cn1. The molecule has 3 heterocycles. The van der Waals surface area contributed by atoms with Crippen LogP contribution in [0, 0.1) is 0 Å². The summed E-state index contributed by atoms with van der Waals surface area (Å²) in [4.78, 5) is 2.13. The molecular formula is C23H26FN5O. The van der Waals surface area contributed by atoms with E-state index in [4.69, 9.17) is 0 Å². The second-order valence-electron chi connectivity index (χ2n) is 8.38. The Morgan fingerprint density at radius 1 is 1.07 bits per heavy atom. The van der Waals surface area contributed by atoms with E-state index in [1.54, 1.807) is 16.9 Å². The molecule has 3 aromatic rings. The first kappa shape index (κ1) is 19.0. The smallest absolute Gasteiger partial charge is 0.154 e. The van der Waals surface area contributed by atoms with Crippen molar-refractivity contribution < 1.29 is 9.50 Å². The van der Waals surface area contributed by atoms with Crippen molar-refractivity contribution in [3.05, 3.63) is 42.2 Å². The zero-order valence-electron chi connectivity index (χ0n) is 17.1. The number of fused-ring (bicyclic) bond motifs is 1. The van der Waals surface area contributed by atoms with E-state index in [0.717, 1.165) is 61.2 Å². The van der Waals surface area contributed by atoms with Crippen LogP contribution in [0.2, 0.25) is 0 Å². The predicted molar refractivity (Wildman–Crippen MR) is 114 cm³/mol. The Bertz CT molecular complexity index is 1070. The number of nitrogens with zero attached hydrogens (tertiary/aromatic N) is 5. The van der Waals surface area contributed by atoms with E-state index < -0.39 is 6.17 Å². The van der Waals surface area contributed by atoms with Crippen molar-refractivity contribution in [1.82, 2.24) is 20.0 Å². The third-order valence-electron chi connectivity index (χ3n) is 6.33. The number of aryl methyl sites for hydroxylation is 2. The molecule has 0 spiro atoms. The number of phenols is 1. The molecule has 2 aliphatic rings. The fourth-order valence-electron chi connectivity index (χ4n) is 4.77. The molecule has 1 fully saturated rings. The highest BCUT2D eigenvalue weighted by Gasteiger charge is 2.33. The number of rotatable bonds is 3. The van der Waals surface area contributed by atoms with Gasteiger partial charge in [-0.1, -0.05) is 18.9 Å². The number of alkyl halides is 1. The lowest BCUT2D eigenvalue weighted by Crippen LogP contribution is -2.46. The number of aromatic hydroxyl groups is 1. The van der Waals surface area contributed by atoms with Crippen molar-refractivity contribution in [3.8, 4) is 28.1 Å². The molecule has 30 heavy (non-hydrogen) atoms. The summed E-state index contributed by atoms with van der Waals surface area (Å²) in [5.41, 5.74) is 4.22. The van der Waals surface area contributed by atoms with Crippen LogP contribution in [0.3, 0.4) is 0 Å². The Morgan fingerprint density at radius 3 is 2.70 bits per heavy atom. The first-order valence-electron chi connectivity index (χ1n) is 10.7. The van der Waals surface area contributed by atoms with Gasteiger partial charge in [-0.3, -0.25) is 4.68 Å². The van der Waals surface area contributed by atoms with Crippen LogP contribution in [0.15, 0.2) is 36.7 Å². The molecule has 0 amide bonds. The number of halogens is 1. The predicted octanol–water partition coefficient (Wildman–Crippen LogP) is 4.28. The van der Waals surface area contributed by atoms with Gasteiger partial charge in [0.05, 0.1) is 17.9 Å². The Hall–Kier alpha value is -2.96. The Labute approximate surface area is 175 Å². The number of benzene rings is 1. The minimum absolute atomic E-state index is 0.0925. The summed E-state index contributed by atoms with van der Waals surface area (Å²) in [6.07, 6.45) is 8.31. The summed E-state index contributed by atoms with van der Waals surface area (Å²) in [6, 6.07) is 7.46. The minimum atomic E-state index is -0.796. The van der Waals surface area contributed by atoms with Crippen LogP contribution >= 0.6 is 0 Å². The second kappa shape index (κ2) is 7.70. The van der Waals surface area contributed by atoms with Crippen LogP contribution < -0.4 is 4.90 Å². The Morgan fingerprint density at radius 2 is 1.93 bits per heavy atom. The van der Waals surface area contributed by atoms with Gasteiger partial charge >= 0.3 is 0 Å². The van der Waals surface area contributed by atoms with Crippen LogP contribution in [-0.2, 0) is 13.5 Å². The zero-order valence-corrected chi connectivity index (χ0v) is 17.1. The molecule has 0 unspecified atom stereocenters. The summed E-state index contributed by atoms with van der Waals surface area (Å²) in [5.74, 6) is 0.973. The highest BCUT2D eigenvalue weighted by molar-refractivity contribution is 5.74. The largest absolute Gasteiger partial charge is 0.507 e. The molecule has 6 nitrogen and oxygen atoms in total. The maximum atomic E-state index is 14.6. The highest BCUT2D eigenvalue weighted by Crippen LogP contribution is 2.37. The normalized spacial score (nSPS) is 21.5. The van der Waals surface area contributed by atoms with E-state index in [9.17, 15) is 9.50 Å². The standard InChI is InChI=1S/C23H26FN5O/c1-28-14-17(13-25-28)15-8-9-18(22(30)12-15)20-11-16-5-4-10-29(23(16)27-26-20)21-7-3-2-6-19(21)24/h8-9,11-14,19,21,30H,2-7,10H2,1H3/t19-,21+/m0/s1. The van der Waals surface area contributed by atoms with Crippen molar-refractivity contribution in [2.45, 2.75) is 50.7 Å². The quantitative estimate of drug-likeness (QED) is 0.702. The number of phenolic OH excluding ortho intramolecular Hbond substituents is 1. The average molecular weight is 407 g/mol. The molecule has 0 bridgehead atoms. The van der Waals surface area contributed by atoms with Crippen LogP contribution in [0.4, 0.5) is 10.2 Å². The van der Waals surface area contributed by atoms with Crippen molar-refractivity contribution in [3.63, 3.8) is 0 Å². The summed E-state index contributed by atoms with van der Waals surface area (Å²) in [5, 5.41) is 23.7. The van der Waals surface area contributed by atoms with Gasteiger partial charge in [0.2, 0.25) is 0 Å². The number of hydrogen-bond acceptors (Lipinski definition) is 5. The van der Waals surface area contributed by atoms with E-state index in [2.05, 4.69) is 20.2 Å². The summed E-state index contributed by atoms with van der Waals surface area (Å²) >= 11 is 0. The van der Waals surface area contributed by atoms with E-state index in [1.807, 2.05) is 31.4 Å². The number of hydrogen-bond donors (Lipinski definition) is 1. The first-order valence-corrected chi connectivity index (χ1v) is 10.7. The van der Waals surface area contributed by atoms with Gasteiger partial charge in [-0.25, -0.2) is 4.39 Å². The van der Waals surface area contributed by atoms with Crippen LogP contribution in [0.25, 0.3) is 22.4 Å². The molecule has 5 rings (SSSR count). The molecule has 2 aromatic heterocycles. The molecule has 7 heteroatoms. The molecular weight excluding hydrogens is 381 g/mol. The van der Waals surface area contributed by atoms with Gasteiger partial charge in [0.1, 0.15) is 11.9 Å². The molecule has 0 saturated heterocycles. The third-order valence-corrected chi connectivity index (χ3v) is 6.33. The van der Waals surface area contributed by atoms with E-state index in [-0.39, 0.29) is 11.8 Å². The van der Waals surface area contributed by atoms with Crippen molar-refractivity contribution in [2.75, 3.05) is 11.4 Å². The van der Waals surface area contributed by atoms with Crippen LogP contribution in [0.5, 0.6) is 5.75 Å². The van der Waals surface area contributed by atoms with Gasteiger partial charge < -0.3 is 10.0 Å². The zero-order chi connectivity index (χ0) is 20.7. The molecule has 2 atom stereocenters. The fraction of sp³-hybridized carbons (Fsp3) is 0.435. The Balaban J connectivity index is 1.45. The molecule has 1 aliphatic carbocycles. The maximum absolute atomic E-state index is 14.6. The summed E-state index contributed by atoms with van der Waals surface area (Å²) in [6.45, 7) is 0.831. The second-order valence-corrected chi connectivity index (χ2v) is 8.38. The average Bonchev–Trinajstić information content (AvgIpc) is 3.20. The third kappa shape index (κ3) is 3.42. The summed E-state index contributed by atoms with van der Waals surface area (Å²) in [7, 11) is 1.86. The molecule has 1 aromatic carbocycles. The van der Waals surface area contributed by atoms with Gasteiger partial charge in [-0.15, -0.1) is 10.2 Å². The number of aromatic nitrogens is 4. The van der Waals surface area contributed by atoms with Crippen LogP contribution in [0.1, 0.15) is 37.7 Å². The monoisotopic (exact) mass is 407 g/mol. The fourth-order valence-corrected chi connectivity index (χ4v) is 4.77. The van der Waals surface area contributed by atoms with E-state index in [0.29, 0.717) is 17.7 Å². The first-order chi connectivity index (χ1) is 14.6. The molecule has 0 radical (unpaired) electrons. The molecule has 156 valence electrons. The molecule has 1 aliphatic heterocycles. The topological polar surface area (TPSA) is 67.1 Å². The molecule has 1 saturated carbocycles. The highest BCUT2D eigenvalue weighted by atomic mass is 19.1. The van der Waals surface area contributed by atoms with Crippen molar-refractivity contribution >= 4 is 5.82 Å². The molecule has 1 N–H and O–H groups in total. The van der Waals surface area contributed by atoms with Crippen molar-refractivity contribution in [1.29, 1.82) is 0 Å². The maximum Gasteiger partial charge on any atom is 0.154 e. The van der Waals surface area contributed by atoms with E-state index in [1.165, 1.54) is 0 Å². The van der Waals surface area contributed by atoms with Gasteiger partial charge in [0, 0.05) is 30.9 Å². The lowest BCUT2D eigenvalue weighted by molar-refractivity contribution is 0.207. The minimum Gasteiger partial charge on any atom is -0.507 e. The van der Waals surface area contributed by atoms with Gasteiger partial charge in [0.15, 0.2) is 5.82 Å². The Kier molecular flexibility index (Phi) is 4.89.